The number of aryl methyl sites for hydroxylation is 1. The van der Waals surface area contributed by atoms with E-state index in [9.17, 15) is 4.79 Å². The first-order valence-electron chi connectivity index (χ1n) is 12.7. The minimum absolute atomic E-state index is 0.0174. The highest BCUT2D eigenvalue weighted by atomic mass is 16.5. The van der Waals surface area contributed by atoms with Crippen LogP contribution in [0.5, 0.6) is 0 Å². The quantitative estimate of drug-likeness (QED) is 0.545. The van der Waals surface area contributed by atoms with E-state index in [4.69, 9.17) is 9.26 Å². The number of hydrogen-bond acceptors (Lipinski definition) is 7. The van der Waals surface area contributed by atoms with E-state index in [2.05, 4.69) is 44.3 Å². The maximum absolute atomic E-state index is 13.2. The molecule has 1 aromatic heterocycles. The van der Waals surface area contributed by atoms with Crippen molar-refractivity contribution in [1.82, 2.24) is 30.2 Å². The maximum atomic E-state index is 13.2. The lowest BCUT2D eigenvalue weighted by Gasteiger charge is -2.36. The Hall–Kier alpha value is -3.27. The number of aromatic nitrogens is 2. The van der Waals surface area contributed by atoms with Gasteiger partial charge in [0, 0.05) is 51.4 Å². The molecule has 1 N–H and O–H groups in total. The largest absolute Gasteiger partial charge is 0.379 e. The van der Waals surface area contributed by atoms with Gasteiger partial charge >= 0.3 is 6.03 Å². The van der Waals surface area contributed by atoms with Crippen LogP contribution in [0.15, 0.2) is 59.1 Å². The van der Waals surface area contributed by atoms with Crippen molar-refractivity contribution in [2.45, 2.75) is 19.5 Å². The third-order valence-electron chi connectivity index (χ3n) is 6.84. The molecule has 0 saturated carbocycles. The molecule has 3 aromatic rings. The van der Waals surface area contributed by atoms with E-state index in [0.717, 1.165) is 57.1 Å². The highest BCUT2D eigenvalue weighted by molar-refractivity contribution is 5.75. The fraction of sp³-hybridized carbons (Fsp3) is 0.444. The zero-order valence-electron chi connectivity index (χ0n) is 20.8. The van der Waals surface area contributed by atoms with Crippen LogP contribution in [0.3, 0.4) is 0 Å². The minimum Gasteiger partial charge on any atom is -0.379 e. The molecule has 0 bridgehead atoms. The average molecular weight is 491 g/mol. The third-order valence-corrected chi connectivity index (χ3v) is 6.84. The van der Waals surface area contributed by atoms with Gasteiger partial charge in [0.2, 0.25) is 11.7 Å². The first-order chi connectivity index (χ1) is 17.6. The summed E-state index contributed by atoms with van der Waals surface area (Å²) in [4.78, 5) is 24.3. The molecular formula is C27H34N6O3. The zero-order chi connectivity index (χ0) is 24.7. The standard InChI is InChI=1S/C27H34N6O3/c1-21-7-9-23(10-8-21)26-29-25(36-30-26)20-31-11-13-33(14-12-31)27(34)28-24(22-5-3-2-4-6-22)19-32-15-17-35-18-16-32/h2-10,24H,11-20H2,1H3,(H,28,34). The van der Waals surface area contributed by atoms with Crippen LogP contribution in [0.2, 0.25) is 0 Å². The first kappa shape index (κ1) is 24.4. The molecule has 0 aliphatic carbocycles. The number of carbonyl (C=O) groups excluding carboxylic acids is 1. The highest BCUT2D eigenvalue weighted by Gasteiger charge is 2.26. The molecule has 1 unspecified atom stereocenters. The van der Waals surface area contributed by atoms with Crippen LogP contribution < -0.4 is 5.32 Å². The van der Waals surface area contributed by atoms with Gasteiger partial charge in [-0.05, 0) is 12.5 Å². The molecule has 2 aliphatic heterocycles. The van der Waals surface area contributed by atoms with Gasteiger partial charge in [-0.15, -0.1) is 0 Å². The molecule has 36 heavy (non-hydrogen) atoms. The molecule has 0 spiro atoms. The van der Waals surface area contributed by atoms with Crippen LogP contribution in [0.1, 0.15) is 23.1 Å². The van der Waals surface area contributed by atoms with E-state index in [-0.39, 0.29) is 12.1 Å². The molecule has 2 aliphatic rings. The number of nitrogens with zero attached hydrogens (tertiary/aromatic N) is 5. The van der Waals surface area contributed by atoms with Crippen LogP contribution in [0.25, 0.3) is 11.4 Å². The molecule has 5 rings (SSSR count). The predicted molar refractivity (Wildman–Crippen MR) is 136 cm³/mol. The Balaban J connectivity index is 1.14. The third kappa shape index (κ3) is 6.29. The van der Waals surface area contributed by atoms with Crippen molar-refractivity contribution >= 4 is 6.03 Å². The van der Waals surface area contributed by atoms with Crippen LogP contribution >= 0.6 is 0 Å². The average Bonchev–Trinajstić information content (AvgIpc) is 3.38. The number of nitrogens with one attached hydrogen (secondary N) is 1. The second-order valence-electron chi connectivity index (χ2n) is 9.47. The number of benzene rings is 2. The van der Waals surface area contributed by atoms with Gasteiger partial charge in [0.25, 0.3) is 0 Å². The zero-order valence-corrected chi connectivity index (χ0v) is 20.8. The normalized spacial score (nSPS) is 18.2. The summed E-state index contributed by atoms with van der Waals surface area (Å²) in [7, 11) is 0. The van der Waals surface area contributed by atoms with Gasteiger partial charge in [0.15, 0.2) is 0 Å². The SMILES string of the molecule is Cc1ccc(-c2noc(CN3CCN(C(=O)NC(CN4CCOCC4)c4ccccc4)CC3)n2)cc1. The highest BCUT2D eigenvalue weighted by Crippen LogP contribution is 2.19. The lowest BCUT2D eigenvalue weighted by Crippen LogP contribution is -2.53. The molecule has 2 aromatic carbocycles. The summed E-state index contributed by atoms with van der Waals surface area (Å²) < 4.78 is 11.0. The van der Waals surface area contributed by atoms with Crippen LogP contribution in [0.4, 0.5) is 4.79 Å². The van der Waals surface area contributed by atoms with Gasteiger partial charge in [-0.3, -0.25) is 9.80 Å². The van der Waals surface area contributed by atoms with Crippen molar-refractivity contribution in [2.24, 2.45) is 0 Å². The Bertz CT molecular complexity index is 1110. The lowest BCUT2D eigenvalue weighted by molar-refractivity contribution is 0.0335. The Morgan fingerprint density at radius 1 is 0.944 bits per heavy atom. The van der Waals surface area contributed by atoms with Gasteiger partial charge in [-0.25, -0.2) is 4.79 Å². The molecule has 3 heterocycles. The Kier molecular flexibility index (Phi) is 7.90. The summed E-state index contributed by atoms with van der Waals surface area (Å²) in [5.41, 5.74) is 3.26. The number of rotatable bonds is 7. The van der Waals surface area contributed by atoms with E-state index < -0.39 is 0 Å². The Morgan fingerprint density at radius 2 is 1.67 bits per heavy atom. The van der Waals surface area contributed by atoms with E-state index in [0.29, 0.717) is 31.3 Å². The van der Waals surface area contributed by atoms with Crippen LogP contribution in [-0.2, 0) is 11.3 Å². The molecular weight excluding hydrogens is 456 g/mol. The Morgan fingerprint density at radius 3 is 2.39 bits per heavy atom. The summed E-state index contributed by atoms with van der Waals surface area (Å²) in [6.45, 7) is 9.50. The minimum atomic E-state index is -0.0617. The lowest BCUT2D eigenvalue weighted by atomic mass is 10.1. The second kappa shape index (κ2) is 11.6. The maximum Gasteiger partial charge on any atom is 0.318 e. The molecule has 2 fully saturated rings. The fourth-order valence-electron chi connectivity index (χ4n) is 4.64. The van der Waals surface area contributed by atoms with E-state index in [1.54, 1.807) is 0 Å². The van der Waals surface area contributed by atoms with E-state index in [1.165, 1.54) is 5.56 Å². The van der Waals surface area contributed by atoms with E-state index in [1.807, 2.05) is 47.4 Å². The van der Waals surface area contributed by atoms with Crippen molar-refractivity contribution in [2.75, 3.05) is 59.0 Å². The molecule has 0 radical (unpaired) electrons. The number of piperazine rings is 1. The summed E-state index contributed by atoms with van der Waals surface area (Å²) in [5.74, 6) is 1.20. The second-order valence-corrected chi connectivity index (χ2v) is 9.47. The number of ether oxygens (including phenoxy) is 1. The molecule has 2 saturated heterocycles. The number of morpholine rings is 1. The van der Waals surface area contributed by atoms with Gasteiger partial charge in [-0.1, -0.05) is 65.3 Å². The number of carbonyl (C=O) groups is 1. The van der Waals surface area contributed by atoms with Gasteiger partial charge in [-0.2, -0.15) is 4.98 Å². The number of urea groups is 1. The Labute approximate surface area is 212 Å². The molecule has 9 heteroatoms. The predicted octanol–water partition coefficient (Wildman–Crippen LogP) is 2.95. The topological polar surface area (TPSA) is 87.0 Å². The monoisotopic (exact) mass is 490 g/mol. The fourth-order valence-corrected chi connectivity index (χ4v) is 4.64. The molecule has 9 nitrogen and oxygen atoms in total. The molecule has 2 amide bonds. The van der Waals surface area contributed by atoms with Crippen LogP contribution in [0, 0.1) is 6.92 Å². The number of amides is 2. The van der Waals surface area contributed by atoms with Crippen molar-refractivity contribution < 1.29 is 14.1 Å². The van der Waals surface area contributed by atoms with Crippen molar-refractivity contribution in [3.63, 3.8) is 0 Å². The summed E-state index contributed by atoms with van der Waals surface area (Å²) in [6, 6.07) is 18.2. The van der Waals surface area contributed by atoms with Crippen molar-refractivity contribution in [3.8, 4) is 11.4 Å². The van der Waals surface area contributed by atoms with Crippen molar-refractivity contribution in [3.05, 3.63) is 71.6 Å². The summed E-state index contributed by atoms with van der Waals surface area (Å²) in [5, 5.41) is 7.42. The molecule has 1 atom stereocenters. The first-order valence-corrected chi connectivity index (χ1v) is 12.7. The van der Waals surface area contributed by atoms with Gasteiger partial charge < -0.3 is 19.5 Å². The van der Waals surface area contributed by atoms with Gasteiger partial charge in [0.1, 0.15) is 0 Å². The molecule has 190 valence electrons. The van der Waals surface area contributed by atoms with Crippen molar-refractivity contribution in [1.29, 1.82) is 0 Å². The summed E-state index contributed by atoms with van der Waals surface area (Å²) in [6.07, 6.45) is 0. The van der Waals surface area contributed by atoms with E-state index >= 15 is 0 Å². The smallest absolute Gasteiger partial charge is 0.318 e. The van der Waals surface area contributed by atoms with Gasteiger partial charge in [0.05, 0.1) is 25.8 Å². The number of hydrogen-bond donors (Lipinski definition) is 1. The van der Waals surface area contributed by atoms with Crippen LogP contribution in [-0.4, -0.2) is 89.9 Å². The summed E-state index contributed by atoms with van der Waals surface area (Å²) >= 11 is 0.